The monoisotopic (exact) mass is 465 g/mol. The minimum Gasteiger partial charge on any atom is -0.353 e. The van der Waals surface area contributed by atoms with Gasteiger partial charge in [0.15, 0.2) is 0 Å². The molecule has 2 rings (SSSR count). The molecule has 1 heterocycles. The molecule has 4 atom stereocenters. The fraction of sp³-hybridized carbons (Fsp3) is 0.783. The van der Waals surface area contributed by atoms with Crippen molar-refractivity contribution in [3.05, 3.63) is 0 Å². The summed E-state index contributed by atoms with van der Waals surface area (Å²) in [6, 6.07) is -3.47. The molecule has 10 heteroatoms. The van der Waals surface area contributed by atoms with Gasteiger partial charge in [0.25, 0.3) is 5.91 Å². The Morgan fingerprint density at radius 3 is 2.09 bits per heavy atom. The number of hydrogen-bond acceptors (Lipinski definition) is 5. The van der Waals surface area contributed by atoms with Crippen LogP contribution in [0.3, 0.4) is 0 Å². The van der Waals surface area contributed by atoms with E-state index >= 15 is 0 Å². The second kappa shape index (κ2) is 10.5. The Hall–Kier alpha value is -2.65. The first kappa shape index (κ1) is 26.6. The maximum Gasteiger partial charge on any atom is 0.312 e. The van der Waals surface area contributed by atoms with Gasteiger partial charge in [-0.25, -0.2) is 4.79 Å². The van der Waals surface area contributed by atoms with Gasteiger partial charge in [0, 0.05) is 13.6 Å². The lowest BCUT2D eigenvalue weighted by Crippen LogP contribution is -2.60. The second-order valence-electron chi connectivity index (χ2n) is 10.7. The van der Waals surface area contributed by atoms with Crippen molar-refractivity contribution in [2.75, 3.05) is 13.6 Å². The van der Waals surface area contributed by atoms with Crippen LogP contribution in [-0.4, -0.2) is 66.2 Å². The van der Waals surface area contributed by atoms with E-state index in [4.69, 9.17) is 5.73 Å². The number of likely N-dealkylation sites (N-methyl/N-ethyl adjacent to an activating group) is 1. The van der Waals surface area contributed by atoms with Crippen LogP contribution in [0.2, 0.25) is 0 Å². The molecule has 0 bridgehead atoms. The quantitative estimate of drug-likeness (QED) is 0.367. The van der Waals surface area contributed by atoms with Gasteiger partial charge in [-0.3, -0.25) is 19.2 Å². The number of nitrogens with two attached hydrogens (primary N) is 1. The number of ketones is 1. The van der Waals surface area contributed by atoms with Crippen LogP contribution in [0, 0.1) is 23.2 Å². The van der Waals surface area contributed by atoms with Crippen molar-refractivity contribution < 1.29 is 24.0 Å². The zero-order valence-electron chi connectivity index (χ0n) is 20.6. The normalized spacial score (nSPS) is 22.5. The molecule has 1 aliphatic heterocycles. The van der Waals surface area contributed by atoms with Gasteiger partial charge in [-0.05, 0) is 36.0 Å². The molecule has 33 heavy (non-hydrogen) atoms. The molecule has 0 aromatic carbocycles. The van der Waals surface area contributed by atoms with Gasteiger partial charge < -0.3 is 26.6 Å². The summed E-state index contributed by atoms with van der Waals surface area (Å²) in [5, 5.41) is 7.63. The molecule has 0 radical (unpaired) electrons. The Morgan fingerprint density at radius 1 is 1.03 bits per heavy atom. The van der Waals surface area contributed by atoms with Gasteiger partial charge in [-0.2, -0.15) is 0 Å². The molecule has 0 spiro atoms. The molecule has 1 aliphatic carbocycles. The Kier molecular flexibility index (Phi) is 8.48. The second-order valence-corrected chi connectivity index (χ2v) is 10.7. The summed E-state index contributed by atoms with van der Waals surface area (Å²) in [4.78, 5) is 64.7. The lowest BCUT2D eigenvalue weighted by Gasteiger charge is -2.36. The molecule has 5 N–H and O–H groups in total. The number of rotatable bonds is 9. The van der Waals surface area contributed by atoms with Crippen LogP contribution in [0.1, 0.15) is 60.3 Å². The smallest absolute Gasteiger partial charge is 0.312 e. The molecule has 0 aromatic heterocycles. The van der Waals surface area contributed by atoms with Gasteiger partial charge in [-0.1, -0.05) is 47.5 Å². The molecular formula is C23H39N5O5. The summed E-state index contributed by atoms with van der Waals surface area (Å²) in [6.07, 6.45) is 2.94. The van der Waals surface area contributed by atoms with Crippen molar-refractivity contribution in [2.24, 2.45) is 28.9 Å². The molecule has 1 saturated carbocycles. The van der Waals surface area contributed by atoms with E-state index in [1.54, 1.807) is 0 Å². The Balaban J connectivity index is 2.31. The van der Waals surface area contributed by atoms with Crippen molar-refractivity contribution in [1.29, 1.82) is 0 Å². The first-order valence-corrected chi connectivity index (χ1v) is 11.7. The third-order valence-corrected chi connectivity index (χ3v) is 6.60. The van der Waals surface area contributed by atoms with Crippen molar-refractivity contribution in [1.82, 2.24) is 20.9 Å². The molecule has 2 fully saturated rings. The third-order valence-electron chi connectivity index (χ3n) is 6.60. The zero-order chi connectivity index (χ0) is 25.1. The highest BCUT2D eigenvalue weighted by Gasteiger charge is 2.47. The van der Waals surface area contributed by atoms with Gasteiger partial charge in [0.1, 0.15) is 12.1 Å². The largest absolute Gasteiger partial charge is 0.353 e. The lowest BCUT2D eigenvalue weighted by atomic mass is 9.84. The predicted molar refractivity (Wildman–Crippen MR) is 123 cm³/mol. The molecule has 10 nitrogen and oxygen atoms in total. The SMILES string of the molecule is CNC(=O)C(=O)C(CC1CC1)NC(=O)[C@@H]1[C@@H](C(C)C)CCN1C(=O)[C@@H](NC(N)=O)C(C)(C)C. The van der Waals surface area contributed by atoms with Crippen LogP contribution < -0.4 is 21.7 Å². The number of carbonyl (C=O) groups excluding carboxylic acids is 5. The number of carbonyl (C=O) groups is 5. The maximum absolute atomic E-state index is 13.5. The Morgan fingerprint density at radius 2 is 1.64 bits per heavy atom. The summed E-state index contributed by atoms with van der Waals surface area (Å²) in [7, 11) is 1.38. The molecule has 0 aromatic rings. The van der Waals surface area contributed by atoms with E-state index in [0.29, 0.717) is 25.3 Å². The molecule has 2 aliphatic rings. The number of likely N-dealkylation sites (tertiary alicyclic amines) is 1. The van der Waals surface area contributed by atoms with E-state index in [0.717, 1.165) is 12.8 Å². The number of hydrogen-bond donors (Lipinski definition) is 4. The fourth-order valence-electron chi connectivity index (χ4n) is 4.51. The van der Waals surface area contributed by atoms with Crippen LogP contribution in [0.15, 0.2) is 0 Å². The molecule has 1 saturated heterocycles. The van der Waals surface area contributed by atoms with Crippen molar-refractivity contribution in [3.63, 3.8) is 0 Å². The van der Waals surface area contributed by atoms with Gasteiger partial charge in [-0.15, -0.1) is 0 Å². The molecule has 5 amide bonds. The Bertz CT molecular complexity index is 787. The van der Waals surface area contributed by atoms with Crippen LogP contribution >= 0.6 is 0 Å². The highest BCUT2D eigenvalue weighted by Crippen LogP contribution is 2.35. The number of nitrogens with one attached hydrogen (secondary N) is 3. The first-order chi connectivity index (χ1) is 15.3. The van der Waals surface area contributed by atoms with Gasteiger partial charge in [0.2, 0.25) is 17.6 Å². The van der Waals surface area contributed by atoms with E-state index in [1.165, 1.54) is 11.9 Å². The predicted octanol–water partition coefficient (Wildman–Crippen LogP) is 0.543. The van der Waals surface area contributed by atoms with E-state index in [2.05, 4.69) is 16.0 Å². The van der Waals surface area contributed by atoms with Crippen molar-refractivity contribution in [2.45, 2.75) is 78.4 Å². The van der Waals surface area contributed by atoms with Crippen molar-refractivity contribution >= 4 is 29.5 Å². The third kappa shape index (κ3) is 6.68. The lowest BCUT2D eigenvalue weighted by molar-refractivity contribution is -0.144. The average Bonchev–Trinajstić information content (AvgIpc) is 3.42. The standard InChI is InChI=1S/C23H39N5O5/c1-12(2)14-9-10-28(21(32)18(23(3,4)5)27-22(24)33)16(14)19(30)26-15(11-13-7-8-13)17(29)20(31)25-6/h12-16,18H,7-11H2,1-6H3,(H,25,31)(H,26,30)(H3,24,27,33)/t14-,15?,16+,18-/m1/s1. The fourth-order valence-corrected chi connectivity index (χ4v) is 4.51. The summed E-state index contributed by atoms with van der Waals surface area (Å²) < 4.78 is 0. The van der Waals surface area contributed by atoms with Crippen molar-refractivity contribution in [3.8, 4) is 0 Å². The van der Waals surface area contributed by atoms with Gasteiger partial charge >= 0.3 is 6.03 Å². The van der Waals surface area contributed by atoms with Crippen LogP contribution in [0.4, 0.5) is 4.79 Å². The van der Waals surface area contributed by atoms with Crippen LogP contribution in [-0.2, 0) is 19.2 Å². The van der Waals surface area contributed by atoms with Crippen LogP contribution in [0.25, 0.3) is 0 Å². The van der Waals surface area contributed by atoms with E-state index in [9.17, 15) is 24.0 Å². The van der Waals surface area contributed by atoms with Crippen LogP contribution in [0.5, 0.6) is 0 Å². The molecule has 186 valence electrons. The highest BCUT2D eigenvalue weighted by atomic mass is 16.2. The zero-order valence-corrected chi connectivity index (χ0v) is 20.6. The summed E-state index contributed by atoms with van der Waals surface area (Å²) in [6.45, 7) is 9.75. The minimum absolute atomic E-state index is 0.104. The number of Topliss-reactive ketones (excluding diaryl/α,β-unsaturated/α-hetero) is 1. The molecular weight excluding hydrogens is 426 g/mol. The summed E-state index contributed by atoms with van der Waals surface area (Å²) in [5.41, 5.74) is 4.68. The number of primary amides is 1. The van der Waals surface area contributed by atoms with Gasteiger partial charge in [0.05, 0.1) is 6.04 Å². The number of amides is 5. The minimum atomic E-state index is -0.933. The van der Waals surface area contributed by atoms with E-state index in [1.807, 2.05) is 34.6 Å². The summed E-state index contributed by atoms with van der Waals surface area (Å²) >= 11 is 0. The maximum atomic E-state index is 13.5. The number of urea groups is 1. The van der Waals surface area contributed by atoms with E-state index < -0.39 is 47.2 Å². The first-order valence-electron chi connectivity index (χ1n) is 11.7. The topological polar surface area (TPSA) is 151 Å². The summed E-state index contributed by atoms with van der Waals surface area (Å²) in [5.74, 6) is -1.99. The number of nitrogens with zero attached hydrogens (tertiary/aromatic N) is 1. The highest BCUT2D eigenvalue weighted by molar-refractivity contribution is 6.38. The average molecular weight is 466 g/mol. The Labute approximate surface area is 195 Å². The molecule has 1 unspecified atom stereocenters. The van der Waals surface area contributed by atoms with E-state index in [-0.39, 0.29) is 17.7 Å².